The van der Waals surface area contributed by atoms with Crippen LogP contribution in [0.2, 0.25) is 0 Å². The van der Waals surface area contributed by atoms with Crippen LogP contribution in [-0.2, 0) is 11.3 Å². The van der Waals surface area contributed by atoms with Gasteiger partial charge in [-0.2, -0.15) is 0 Å². The molecule has 0 atom stereocenters. The molecule has 1 rings (SSSR count). The second-order valence-corrected chi connectivity index (χ2v) is 3.98. The maximum atomic E-state index is 13.8. The number of carbonyl (C=O) groups is 1. The molecule has 18 heavy (non-hydrogen) atoms. The number of hydrogen-bond donors (Lipinski definition) is 1. The van der Waals surface area contributed by atoms with Gasteiger partial charge in [-0.15, -0.1) is 0 Å². The predicted molar refractivity (Wildman–Crippen MR) is 69.7 cm³/mol. The van der Waals surface area contributed by atoms with Crippen LogP contribution in [-0.4, -0.2) is 29.1 Å². The third kappa shape index (κ3) is 4.30. The van der Waals surface area contributed by atoms with Gasteiger partial charge in [0, 0.05) is 18.2 Å². The smallest absolute Gasteiger partial charge is 0.328 e. The van der Waals surface area contributed by atoms with Crippen LogP contribution >= 0.6 is 0 Å². The summed E-state index contributed by atoms with van der Waals surface area (Å²) in [5, 5.41) is 8.49. The highest BCUT2D eigenvalue weighted by Gasteiger charge is 2.06. The number of hydrogen-bond acceptors (Lipinski definition) is 2. The second kappa shape index (κ2) is 6.91. The molecule has 4 heteroatoms. The summed E-state index contributed by atoms with van der Waals surface area (Å²) in [6.45, 7) is 6.38. The Bertz CT molecular complexity index is 439. The topological polar surface area (TPSA) is 40.5 Å². The molecule has 0 fully saturated rings. The van der Waals surface area contributed by atoms with Gasteiger partial charge in [-0.3, -0.25) is 4.90 Å². The standard InChI is InChI=1S/C14H18FNO2/c1-3-16(4-2)10-12-7-5-11(9-13(12)15)6-8-14(17)18/h5-9H,3-4,10H2,1-2H3,(H,17,18)/b8-6+. The zero-order chi connectivity index (χ0) is 13.5. The number of nitrogens with zero attached hydrogens (tertiary/aromatic N) is 1. The summed E-state index contributed by atoms with van der Waals surface area (Å²) in [6, 6.07) is 4.79. The summed E-state index contributed by atoms with van der Waals surface area (Å²) in [4.78, 5) is 12.5. The lowest BCUT2D eigenvalue weighted by atomic mass is 10.1. The minimum Gasteiger partial charge on any atom is -0.478 e. The van der Waals surface area contributed by atoms with Crippen LogP contribution in [0.4, 0.5) is 4.39 Å². The summed E-state index contributed by atoms with van der Waals surface area (Å²) in [5.41, 5.74) is 1.18. The highest BCUT2D eigenvalue weighted by atomic mass is 19.1. The molecule has 0 aliphatic rings. The highest BCUT2D eigenvalue weighted by Crippen LogP contribution is 2.14. The van der Waals surface area contributed by atoms with E-state index >= 15 is 0 Å². The van der Waals surface area contributed by atoms with Crippen molar-refractivity contribution in [1.29, 1.82) is 0 Å². The third-order valence-corrected chi connectivity index (χ3v) is 2.78. The normalized spacial score (nSPS) is 11.3. The first-order valence-electron chi connectivity index (χ1n) is 5.98. The number of aliphatic carboxylic acids is 1. The first-order chi connectivity index (χ1) is 8.56. The van der Waals surface area contributed by atoms with Gasteiger partial charge in [0.1, 0.15) is 5.82 Å². The van der Waals surface area contributed by atoms with Crippen molar-refractivity contribution in [3.63, 3.8) is 0 Å². The highest BCUT2D eigenvalue weighted by molar-refractivity contribution is 5.85. The van der Waals surface area contributed by atoms with Crippen molar-refractivity contribution >= 4 is 12.0 Å². The van der Waals surface area contributed by atoms with E-state index in [4.69, 9.17) is 5.11 Å². The van der Waals surface area contributed by atoms with E-state index in [1.54, 1.807) is 12.1 Å². The minimum atomic E-state index is -1.04. The lowest BCUT2D eigenvalue weighted by Gasteiger charge is -2.18. The van der Waals surface area contributed by atoms with E-state index in [1.807, 2.05) is 13.8 Å². The molecule has 0 aliphatic carbocycles. The van der Waals surface area contributed by atoms with Crippen molar-refractivity contribution in [3.8, 4) is 0 Å². The first kappa shape index (κ1) is 14.4. The average molecular weight is 251 g/mol. The molecule has 0 aliphatic heterocycles. The molecular formula is C14H18FNO2. The minimum absolute atomic E-state index is 0.297. The average Bonchev–Trinajstić information content (AvgIpc) is 2.35. The van der Waals surface area contributed by atoms with Gasteiger partial charge in [0.15, 0.2) is 0 Å². The van der Waals surface area contributed by atoms with Crippen molar-refractivity contribution in [3.05, 3.63) is 41.2 Å². The van der Waals surface area contributed by atoms with Gasteiger partial charge in [-0.05, 0) is 30.8 Å². The quantitative estimate of drug-likeness (QED) is 0.790. The fraction of sp³-hybridized carbons (Fsp3) is 0.357. The van der Waals surface area contributed by atoms with Gasteiger partial charge in [-0.1, -0.05) is 26.0 Å². The lowest BCUT2D eigenvalue weighted by Crippen LogP contribution is -2.22. The van der Waals surface area contributed by atoms with Crippen molar-refractivity contribution in [2.45, 2.75) is 20.4 Å². The van der Waals surface area contributed by atoms with Gasteiger partial charge in [0.2, 0.25) is 0 Å². The second-order valence-electron chi connectivity index (χ2n) is 3.98. The molecule has 0 saturated carbocycles. The Morgan fingerprint density at radius 3 is 2.56 bits per heavy atom. The third-order valence-electron chi connectivity index (χ3n) is 2.78. The van der Waals surface area contributed by atoms with E-state index in [0.29, 0.717) is 17.7 Å². The molecular weight excluding hydrogens is 233 g/mol. The van der Waals surface area contributed by atoms with Crippen LogP contribution in [0.25, 0.3) is 6.08 Å². The van der Waals surface area contributed by atoms with Crippen LogP contribution in [0.1, 0.15) is 25.0 Å². The molecule has 98 valence electrons. The van der Waals surface area contributed by atoms with Crippen LogP contribution in [0.15, 0.2) is 24.3 Å². The van der Waals surface area contributed by atoms with Crippen molar-refractivity contribution in [2.24, 2.45) is 0 Å². The van der Waals surface area contributed by atoms with E-state index in [9.17, 15) is 9.18 Å². The molecule has 3 nitrogen and oxygen atoms in total. The Hall–Kier alpha value is -1.68. The zero-order valence-electron chi connectivity index (χ0n) is 10.7. The summed E-state index contributed by atoms with van der Waals surface area (Å²) in [6.07, 6.45) is 2.38. The van der Waals surface area contributed by atoms with Crippen LogP contribution < -0.4 is 0 Å². The van der Waals surface area contributed by atoms with E-state index < -0.39 is 5.97 Å². The summed E-state index contributed by atoms with van der Waals surface area (Å²) >= 11 is 0. The van der Waals surface area contributed by atoms with Gasteiger partial charge in [0.05, 0.1) is 0 Å². The largest absolute Gasteiger partial charge is 0.478 e. The fourth-order valence-electron chi connectivity index (χ4n) is 1.65. The molecule has 0 spiro atoms. The van der Waals surface area contributed by atoms with Gasteiger partial charge in [-0.25, -0.2) is 9.18 Å². The summed E-state index contributed by atoms with van der Waals surface area (Å²) < 4.78 is 13.8. The zero-order valence-corrected chi connectivity index (χ0v) is 10.7. The van der Waals surface area contributed by atoms with Crippen molar-refractivity contribution < 1.29 is 14.3 Å². The molecule has 1 aromatic carbocycles. The van der Waals surface area contributed by atoms with E-state index in [0.717, 1.165) is 19.2 Å². The molecule has 0 unspecified atom stereocenters. The van der Waals surface area contributed by atoms with Gasteiger partial charge >= 0.3 is 5.97 Å². The Labute approximate surface area is 107 Å². The van der Waals surface area contributed by atoms with Crippen LogP contribution in [0.5, 0.6) is 0 Å². The molecule has 0 bridgehead atoms. The maximum Gasteiger partial charge on any atom is 0.328 e. The summed E-state index contributed by atoms with van der Waals surface area (Å²) in [5.74, 6) is -1.34. The Morgan fingerprint density at radius 2 is 2.06 bits per heavy atom. The van der Waals surface area contributed by atoms with Crippen molar-refractivity contribution in [2.75, 3.05) is 13.1 Å². The monoisotopic (exact) mass is 251 g/mol. The molecule has 1 N–H and O–H groups in total. The Kier molecular flexibility index (Phi) is 5.52. The number of carboxylic acids is 1. The van der Waals surface area contributed by atoms with E-state index in [1.165, 1.54) is 12.1 Å². The number of rotatable bonds is 6. The lowest BCUT2D eigenvalue weighted by molar-refractivity contribution is -0.131. The maximum absolute atomic E-state index is 13.8. The molecule has 0 saturated heterocycles. The fourth-order valence-corrected chi connectivity index (χ4v) is 1.65. The number of carboxylic acid groups (broad SMARTS) is 1. The SMILES string of the molecule is CCN(CC)Cc1ccc(/C=C/C(=O)O)cc1F. The Balaban J connectivity index is 2.82. The van der Waals surface area contributed by atoms with Crippen LogP contribution in [0, 0.1) is 5.82 Å². The van der Waals surface area contributed by atoms with Crippen molar-refractivity contribution in [1.82, 2.24) is 4.90 Å². The van der Waals surface area contributed by atoms with Gasteiger partial charge < -0.3 is 5.11 Å². The Morgan fingerprint density at radius 1 is 1.39 bits per heavy atom. The predicted octanol–water partition coefficient (Wildman–Crippen LogP) is 2.77. The molecule has 0 aromatic heterocycles. The van der Waals surface area contributed by atoms with E-state index in [-0.39, 0.29) is 5.82 Å². The number of halogens is 1. The van der Waals surface area contributed by atoms with Gasteiger partial charge in [0.25, 0.3) is 0 Å². The summed E-state index contributed by atoms with van der Waals surface area (Å²) in [7, 11) is 0. The van der Waals surface area contributed by atoms with Crippen LogP contribution in [0.3, 0.4) is 0 Å². The molecule has 1 aromatic rings. The molecule has 0 amide bonds. The number of benzene rings is 1. The molecule has 0 heterocycles. The first-order valence-corrected chi connectivity index (χ1v) is 5.98. The van der Waals surface area contributed by atoms with E-state index in [2.05, 4.69) is 4.90 Å². The molecule has 0 radical (unpaired) electrons.